The Morgan fingerprint density at radius 1 is 1.00 bits per heavy atom. The Morgan fingerprint density at radius 3 is 2.44 bits per heavy atom. The predicted molar refractivity (Wildman–Crippen MR) is 74.7 cm³/mol. The molecule has 0 bridgehead atoms. The van der Waals surface area contributed by atoms with Crippen molar-refractivity contribution >= 4 is 17.3 Å². The molecule has 0 aliphatic carbocycles. The van der Waals surface area contributed by atoms with Crippen LogP contribution >= 0.6 is 0 Å². The SMILES string of the molecule is Cc1cccc(NCC(=O)Nc2ccccc2)c1. The second-order valence-electron chi connectivity index (χ2n) is 4.14. The summed E-state index contributed by atoms with van der Waals surface area (Å²) in [4.78, 5) is 11.7. The fourth-order valence-corrected chi connectivity index (χ4v) is 1.66. The number of anilines is 2. The fourth-order valence-electron chi connectivity index (χ4n) is 1.66. The van der Waals surface area contributed by atoms with Gasteiger partial charge in [-0.2, -0.15) is 0 Å². The number of nitrogens with one attached hydrogen (secondary N) is 2. The van der Waals surface area contributed by atoms with Crippen LogP contribution in [-0.2, 0) is 4.79 Å². The van der Waals surface area contributed by atoms with Crippen LogP contribution in [0.2, 0.25) is 0 Å². The average Bonchev–Trinajstić information content (AvgIpc) is 2.38. The van der Waals surface area contributed by atoms with Crippen molar-refractivity contribution in [1.29, 1.82) is 0 Å². The van der Waals surface area contributed by atoms with Crippen molar-refractivity contribution in [3.8, 4) is 0 Å². The molecule has 2 aromatic rings. The molecule has 3 heteroatoms. The molecule has 0 aromatic heterocycles. The van der Waals surface area contributed by atoms with E-state index in [2.05, 4.69) is 10.6 Å². The van der Waals surface area contributed by atoms with Crippen molar-refractivity contribution in [3.05, 3.63) is 60.2 Å². The van der Waals surface area contributed by atoms with E-state index in [4.69, 9.17) is 0 Å². The summed E-state index contributed by atoms with van der Waals surface area (Å²) >= 11 is 0. The molecule has 0 atom stereocenters. The first kappa shape index (κ1) is 12.2. The van der Waals surface area contributed by atoms with Gasteiger partial charge in [0.2, 0.25) is 5.91 Å². The molecule has 92 valence electrons. The molecule has 0 radical (unpaired) electrons. The maximum atomic E-state index is 11.7. The lowest BCUT2D eigenvalue weighted by molar-refractivity contribution is -0.114. The van der Waals surface area contributed by atoms with Crippen LogP contribution in [0.5, 0.6) is 0 Å². The third-order valence-corrected chi connectivity index (χ3v) is 2.53. The first-order valence-corrected chi connectivity index (χ1v) is 5.89. The number of aryl methyl sites for hydroxylation is 1. The Labute approximate surface area is 107 Å². The van der Waals surface area contributed by atoms with E-state index in [0.29, 0.717) is 0 Å². The second kappa shape index (κ2) is 5.87. The minimum absolute atomic E-state index is 0.0530. The van der Waals surface area contributed by atoms with Crippen LogP contribution in [0.15, 0.2) is 54.6 Å². The van der Waals surface area contributed by atoms with Crippen molar-refractivity contribution in [2.45, 2.75) is 6.92 Å². The maximum Gasteiger partial charge on any atom is 0.243 e. The zero-order valence-electron chi connectivity index (χ0n) is 10.3. The lowest BCUT2D eigenvalue weighted by Crippen LogP contribution is -2.21. The Balaban J connectivity index is 1.85. The second-order valence-corrected chi connectivity index (χ2v) is 4.14. The van der Waals surface area contributed by atoms with Gasteiger partial charge in [0.15, 0.2) is 0 Å². The van der Waals surface area contributed by atoms with Gasteiger partial charge in [-0.15, -0.1) is 0 Å². The molecule has 0 aliphatic heterocycles. The normalized spacial score (nSPS) is 9.83. The van der Waals surface area contributed by atoms with E-state index in [1.165, 1.54) is 5.56 Å². The van der Waals surface area contributed by atoms with Crippen molar-refractivity contribution < 1.29 is 4.79 Å². The molecule has 0 spiro atoms. The van der Waals surface area contributed by atoms with E-state index in [1.807, 2.05) is 61.5 Å². The molecule has 2 aromatic carbocycles. The molecule has 0 unspecified atom stereocenters. The Hall–Kier alpha value is -2.29. The minimum atomic E-state index is -0.0530. The van der Waals surface area contributed by atoms with E-state index in [9.17, 15) is 4.79 Å². The molecule has 3 nitrogen and oxygen atoms in total. The third-order valence-electron chi connectivity index (χ3n) is 2.53. The van der Waals surface area contributed by atoms with E-state index in [-0.39, 0.29) is 12.5 Å². The molecular weight excluding hydrogens is 224 g/mol. The summed E-state index contributed by atoms with van der Waals surface area (Å²) in [5, 5.41) is 5.92. The molecule has 0 aliphatic rings. The van der Waals surface area contributed by atoms with Crippen molar-refractivity contribution in [1.82, 2.24) is 0 Å². The number of carbonyl (C=O) groups is 1. The van der Waals surface area contributed by atoms with Crippen molar-refractivity contribution in [2.24, 2.45) is 0 Å². The number of amides is 1. The van der Waals surface area contributed by atoms with Crippen LogP contribution in [-0.4, -0.2) is 12.5 Å². The molecule has 0 heterocycles. The van der Waals surface area contributed by atoms with Gasteiger partial charge in [0.05, 0.1) is 6.54 Å². The predicted octanol–water partition coefficient (Wildman–Crippen LogP) is 3.05. The van der Waals surface area contributed by atoms with Gasteiger partial charge in [-0.1, -0.05) is 30.3 Å². The summed E-state index contributed by atoms with van der Waals surface area (Å²) in [5.41, 5.74) is 2.94. The average molecular weight is 240 g/mol. The van der Waals surface area contributed by atoms with Gasteiger partial charge < -0.3 is 10.6 Å². The highest BCUT2D eigenvalue weighted by Crippen LogP contribution is 2.09. The number of hydrogen-bond acceptors (Lipinski definition) is 2. The summed E-state index contributed by atoms with van der Waals surface area (Å²) in [6, 6.07) is 17.4. The maximum absolute atomic E-state index is 11.7. The van der Waals surface area contributed by atoms with Crippen LogP contribution in [0.25, 0.3) is 0 Å². The van der Waals surface area contributed by atoms with Gasteiger partial charge >= 0.3 is 0 Å². The summed E-state index contributed by atoms with van der Waals surface area (Å²) in [7, 11) is 0. The van der Waals surface area contributed by atoms with Gasteiger partial charge in [0, 0.05) is 11.4 Å². The smallest absolute Gasteiger partial charge is 0.243 e. The first-order chi connectivity index (χ1) is 8.74. The topological polar surface area (TPSA) is 41.1 Å². The molecule has 1 amide bonds. The number of benzene rings is 2. The van der Waals surface area contributed by atoms with Gasteiger partial charge in [0.25, 0.3) is 0 Å². The highest BCUT2D eigenvalue weighted by molar-refractivity contribution is 5.93. The Kier molecular flexibility index (Phi) is 3.97. The quantitative estimate of drug-likeness (QED) is 0.862. The molecular formula is C15H16N2O. The largest absolute Gasteiger partial charge is 0.376 e. The monoisotopic (exact) mass is 240 g/mol. The summed E-state index contributed by atoms with van der Waals surface area (Å²) in [6.45, 7) is 2.29. The van der Waals surface area contributed by atoms with Crippen molar-refractivity contribution in [3.63, 3.8) is 0 Å². The highest BCUT2D eigenvalue weighted by Gasteiger charge is 2.01. The van der Waals surface area contributed by atoms with E-state index >= 15 is 0 Å². The first-order valence-electron chi connectivity index (χ1n) is 5.89. The minimum Gasteiger partial charge on any atom is -0.376 e. The van der Waals surface area contributed by atoms with Crippen LogP contribution < -0.4 is 10.6 Å². The Bertz CT molecular complexity index is 523. The molecule has 18 heavy (non-hydrogen) atoms. The fraction of sp³-hybridized carbons (Fsp3) is 0.133. The number of para-hydroxylation sites is 1. The standard InChI is InChI=1S/C15H16N2O/c1-12-6-5-9-14(10-12)16-11-15(18)17-13-7-3-2-4-8-13/h2-10,16H,11H2,1H3,(H,17,18). The lowest BCUT2D eigenvalue weighted by atomic mass is 10.2. The van der Waals surface area contributed by atoms with Gasteiger partial charge in [-0.3, -0.25) is 4.79 Å². The molecule has 0 fully saturated rings. The van der Waals surface area contributed by atoms with Crippen LogP contribution in [0, 0.1) is 6.92 Å². The van der Waals surface area contributed by atoms with E-state index in [1.54, 1.807) is 0 Å². The van der Waals surface area contributed by atoms with Gasteiger partial charge in [-0.05, 0) is 36.8 Å². The van der Waals surface area contributed by atoms with Gasteiger partial charge in [-0.25, -0.2) is 0 Å². The van der Waals surface area contributed by atoms with Gasteiger partial charge in [0.1, 0.15) is 0 Å². The summed E-state index contributed by atoms with van der Waals surface area (Å²) in [6.07, 6.45) is 0. The molecule has 2 rings (SSSR count). The number of hydrogen-bond donors (Lipinski definition) is 2. The zero-order chi connectivity index (χ0) is 12.8. The summed E-state index contributed by atoms with van der Waals surface area (Å²) in [5.74, 6) is -0.0530. The lowest BCUT2D eigenvalue weighted by Gasteiger charge is -2.08. The zero-order valence-corrected chi connectivity index (χ0v) is 10.3. The van der Waals surface area contributed by atoms with Crippen LogP contribution in [0.1, 0.15) is 5.56 Å². The van der Waals surface area contributed by atoms with Crippen molar-refractivity contribution in [2.75, 3.05) is 17.2 Å². The third kappa shape index (κ3) is 3.63. The molecule has 2 N–H and O–H groups in total. The Morgan fingerprint density at radius 2 is 1.72 bits per heavy atom. The molecule has 0 saturated heterocycles. The summed E-state index contributed by atoms with van der Waals surface area (Å²) < 4.78 is 0. The number of rotatable bonds is 4. The molecule has 0 saturated carbocycles. The highest BCUT2D eigenvalue weighted by atomic mass is 16.1. The van der Waals surface area contributed by atoms with E-state index in [0.717, 1.165) is 11.4 Å². The number of carbonyl (C=O) groups excluding carboxylic acids is 1. The van der Waals surface area contributed by atoms with Crippen LogP contribution in [0.4, 0.5) is 11.4 Å². The van der Waals surface area contributed by atoms with E-state index < -0.39 is 0 Å². The van der Waals surface area contributed by atoms with Crippen LogP contribution in [0.3, 0.4) is 0 Å².